The molecule has 2 heterocycles. The van der Waals surface area contributed by atoms with Gasteiger partial charge in [0.05, 0.1) is 12.1 Å². The molecule has 1 aliphatic carbocycles. The minimum Gasteiger partial charge on any atom is -0.327 e. The van der Waals surface area contributed by atoms with E-state index in [1.807, 2.05) is 6.92 Å². The number of likely N-dealkylation sites (tertiary alicyclic amines) is 1. The van der Waals surface area contributed by atoms with Crippen LogP contribution in [-0.2, 0) is 4.79 Å². The van der Waals surface area contributed by atoms with Gasteiger partial charge in [-0.25, -0.2) is 0 Å². The Bertz CT molecular complexity index is 671. The van der Waals surface area contributed by atoms with Crippen molar-refractivity contribution in [2.24, 2.45) is 0 Å². The van der Waals surface area contributed by atoms with Crippen LogP contribution in [-0.4, -0.2) is 35.0 Å². The number of aromatic nitrogens is 1. The molecule has 1 aromatic heterocycles. The topological polar surface area (TPSA) is 61.1 Å². The monoisotopic (exact) mass is 356 g/mol. The molecule has 0 radical (unpaired) electrons. The predicted octanol–water partition coefficient (Wildman–Crippen LogP) is 4.30. The molecule has 0 spiro atoms. The third-order valence-electron chi connectivity index (χ3n) is 6.13. The van der Waals surface area contributed by atoms with Gasteiger partial charge in [0, 0.05) is 11.7 Å². The summed E-state index contributed by atoms with van der Waals surface area (Å²) in [6.45, 7) is 6.51. The van der Waals surface area contributed by atoms with Gasteiger partial charge in [0.1, 0.15) is 11.9 Å². The van der Waals surface area contributed by atoms with Gasteiger partial charge in [0.15, 0.2) is 0 Å². The molecule has 1 N–H and O–H groups in total. The Balaban J connectivity index is 1.80. The van der Waals surface area contributed by atoms with Gasteiger partial charge in [-0.05, 0) is 58.2 Å². The van der Waals surface area contributed by atoms with Crippen molar-refractivity contribution in [1.29, 1.82) is 5.26 Å². The van der Waals surface area contributed by atoms with Crippen molar-refractivity contribution in [3.05, 3.63) is 16.8 Å². The Morgan fingerprint density at radius 3 is 2.31 bits per heavy atom. The maximum atomic E-state index is 12.7. The largest absolute Gasteiger partial charge is 0.327 e. The van der Waals surface area contributed by atoms with Crippen molar-refractivity contribution < 1.29 is 4.79 Å². The summed E-state index contributed by atoms with van der Waals surface area (Å²) in [5.74, 6) is 0.743. The lowest BCUT2D eigenvalue weighted by molar-refractivity contribution is -0.117. The molecule has 0 unspecified atom stereocenters. The zero-order valence-corrected chi connectivity index (χ0v) is 16.3. The van der Waals surface area contributed by atoms with E-state index in [4.69, 9.17) is 0 Å². The van der Waals surface area contributed by atoms with Crippen molar-refractivity contribution >= 4 is 11.7 Å². The molecule has 0 aromatic carbocycles. The molecular formula is C21H32N4O. The Labute approximate surface area is 157 Å². The molecule has 1 saturated heterocycles. The molecule has 5 nitrogen and oxygen atoms in total. The summed E-state index contributed by atoms with van der Waals surface area (Å²) >= 11 is 0. The molecular weight excluding hydrogens is 324 g/mol. The summed E-state index contributed by atoms with van der Waals surface area (Å²) in [5.41, 5.74) is 2.76. The van der Waals surface area contributed by atoms with E-state index in [1.165, 1.54) is 44.9 Å². The highest BCUT2D eigenvalue weighted by atomic mass is 16.2. The molecule has 5 heteroatoms. The van der Waals surface area contributed by atoms with E-state index in [2.05, 4.69) is 27.8 Å². The van der Waals surface area contributed by atoms with Crippen LogP contribution < -0.4 is 5.32 Å². The third-order valence-corrected chi connectivity index (χ3v) is 6.13. The molecule has 1 amide bonds. The Morgan fingerprint density at radius 1 is 1.08 bits per heavy atom. The first-order chi connectivity index (χ1) is 12.6. The van der Waals surface area contributed by atoms with Gasteiger partial charge in [-0.3, -0.25) is 9.69 Å². The highest BCUT2D eigenvalue weighted by Crippen LogP contribution is 2.36. The number of nitriles is 1. The van der Waals surface area contributed by atoms with Crippen LogP contribution >= 0.6 is 0 Å². The van der Waals surface area contributed by atoms with Crippen LogP contribution in [0.2, 0.25) is 0 Å². The molecule has 1 saturated carbocycles. The quantitative estimate of drug-likeness (QED) is 0.875. The summed E-state index contributed by atoms with van der Waals surface area (Å²) in [6.07, 6.45) is 10.9. The van der Waals surface area contributed by atoms with Crippen LogP contribution in [0, 0.1) is 25.2 Å². The summed E-state index contributed by atoms with van der Waals surface area (Å²) in [7, 11) is 0. The van der Waals surface area contributed by atoms with Crippen molar-refractivity contribution in [3.63, 3.8) is 0 Å². The van der Waals surface area contributed by atoms with Crippen LogP contribution in [0.5, 0.6) is 0 Å². The molecule has 142 valence electrons. The number of carbonyl (C=O) groups excluding carboxylic acids is 1. The number of carbonyl (C=O) groups is 1. The van der Waals surface area contributed by atoms with Crippen molar-refractivity contribution in [1.82, 2.24) is 9.47 Å². The van der Waals surface area contributed by atoms with Crippen LogP contribution in [0.1, 0.15) is 80.7 Å². The van der Waals surface area contributed by atoms with Gasteiger partial charge < -0.3 is 9.88 Å². The van der Waals surface area contributed by atoms with Gasteiger partial charge in [-0.2, -0.15) is 5.26 Å². The van der Waals surface area contributed by atoms with E-state index in [1.54, 1.807) is 0 Å². The maximum Gasteiger partial charge on any atom is 0.239 e. The smallest absolute Gasteiger partial charge is 0.239 e. The van der Waals surface area contributed by atoms with Crippen LogP contribution in [0.3, 0.4) is 0 Å². The summed E-state index contributed by atoms with van der Waals surface area (Å²) in [4.78, 5) is 15.0. The average molecular weight is 357 g/mol. The molecule has 26 heavy (non-hydrogen) atoms. The van der Waals surface area contributed by atoms with Gasteiger partial charge >= 0.3 is 0 Å². The number of hydrogen-bond acceptors (Lipinski definition) is 3. The molecule has 0 atom stereocenters. The second kappa shape index (κ2) is 8.73. The molecule has 3 rings (SSSR count). The minimum absolute atomic E-state index is 0.0120. The van der Waals surface area contributed by atoms with E-state index < -0.39 is 0 Å². The van der Waals surface area contributed by atoms with Crippen molar-refractivity contribution in [2.75, 3.05) is 25.0 Å². The Kier molecular flexibility index (Phi) is 6.37. The normalized spacial score (nSPS) is 19.7. The standard InChI is InChI=1S/C21H32N4O/c1-16-17(2)25(18-10-6-5-7-11-18)21(19(16)14-22)23-20(26)15-24-12-8-3-4-9-13-24/h18H,3-13,15H2,1-2H3,(H,23,26). The van der Waals surface area contributed by atoms with E-state index in [-0.39, 0.29) is 5.91 Å². The second-order valence-corrected chi connectivity index (χ2v) is 7.95. The van der Waals surface area contributed by atoms with Crippen LogP contribution in [0.4, 0.5) is 5.82 Å². The van der Waals surface area contributed by atoms with Crippen LogP contribution in [0.25, 0.3) is 0 Å². The van der Waals surface area contributed by atoms with Gasteiger partial charge in [0.2, 0.25) is 5.91 Å². The fraction of sp³-hybridized carbons (Fsp3) is 0.714. The first-order valence-electron chi connectivity index (χ1n) is 10.3. The number of amides is 1. The zero-order chi connectivity index (χ0) is 18.5. The van der Waals surface area contributed by atoms with E-state index in [9.17, 15) is 10.1 Å². The number of anilines is 1. The number of hydrogen-bond donors (Lipinski definition) is 1. The van der Waals surface area contributed by atoms with Gasteiger partial charge in [-0.1, -0.05) is 32.1 Å². The minimum atomic E-state index is 0.0120. The van der Waals surface area contributed by atoms with Crippen molar-refractivity contribution in [2.45, 2.75) is 77.7 Å². The van der Waals surface area contributed by atoms with Gasteiger partial charge in [0.25, 0.3) is 0 Å². The van der Waals surface area contributed by atoms with Crippen LogP contribution in [0.15, 0.2) is 0 Å². The molecule has 1 aliphatic heterocycles. The highest BCUT2D eigenvalue weighted by Gasteiger charge is 2.26. The van der Waals surface area contributed by atoms with E-state index in [0.29, 0.717) is 18.2 Å². The molecule has 2 aliphatic rings. The first kappa shape index (κ1) is 19.0. The highest BCUT2D eigenvalue weighted by molar-refractivity contribution is 5.93. The number of rotatable bonds is 4. The van der Waals surface area contributed by atoms with Gasteiger partial charge in [-0.15, -0.1) is 0 Å². The molecule has 2 fully saturated rings. The molecule has 1 aromatic rings. The Hall–Kier alpha value is -1.80. The molecule has 0 bridgehead atoms. The number of nitrogens with one attached hydrogen (secondary N) is 1. The second-order valence-electron chi connectivity index (χ2n) is 7.95. The number of nitrogens with zero attached hydrogens (tertiary/aromatic N) is 3. The van der Waals surface area contributed by atoms with Crippen molar-refractivity contribution in [3.8, 4) is 6.07 Å². The zero-order valence-electron chi connectivity index (χ0n) is 16.3. The van der Waals surface area contributed by atoms with E-state index in [0.717, 1.165) is 43.0 Å². The summed E-state index contributed by atoms with van der Waals surface area (Å²) < 4.78 is 2.24. The fourth-order valence-electron chi connectivity index (χ4n) is 4.55. The predicted molar refractivity (Wildman–Crippen MR) is 104 cm³/mol. The lowest BCUT2D eigenvalue weighted by atomic mass is 9.95. The third kappa shape index (κ3) is 4.12. The Morgan fingerprint density at radius 2 is 1.69 bits per heavy atom. The lowest BCUT2D eigenvalue weighted by Crippen LogP contribution is -2.34. The average Bonchev–Trinajstić information content (AvgIpc) is 2.81. The summed E-state index contributed by atoms with van der Waals surface area (Å²) in [6, 6.07) is 2.73. The SMILES string of the molecule is Cc1c(C#N)c(NC(=O)CN2CCCCCC2)n(C2CCCCC2)c1C. The van der Waals surface area contributed by atoms with E-state index >= 15 is 0 Å². The lowest BCUT2D eigenvalue weighted by Gasteiger charge is -2.27. The first-order valence-corrected chi connectivity index (χ1v) is 10.3. The summed E-state index contributed by atoms with van der Waals surface area (Å²) in [5, 5.41) is 12.8. The maximum absolute atomic E-state index is 12.7. The fourth-order valence-corrected chi connectivity index (χ4v) is 4.55.